The molecule has 8 rings (SSSR count). The maximum Gasteiger partial charge on any atom is 0.165 e. The zero-order valence-electron chi connectivity index (χ0n) is 19.0. The van der Waals surface area contributed by atoms with Gasteiger partial charge in [-0.2, -0.15) is 0 Å². The lowest BCUT2D eigenvalue weighted by molar-refractivity contribution is -0.314. The van der Waals surface area contributed by atoms with Crippen LogP contribution in [0.2, 0.25) is 0 Å². The quantitative estimate of drug-likeness (QED) is 0.673. The number of hydrogen-bond acceptors (Lipinski definition) is 6. The van der Waals surface area contributed by atoms with Gasteiger partial charge >= 0.3 is 0 Å². The summed E-state index contributed by atoms with van der Waals surface area (Å²) < 4.78 is 12.5. The second-order valence-electron chi connectivity index (χ2n) is 11.4. The minimum absolute atomic E-state index is 0.0545. The molecule has 1 saturated carbocycles. The van der Waals surface area contributed by atoms with Crippen LogP contribution in [0.15, 0.2) is 17.7 Å². The Labute approximate surface area is 193 Å². The SMILES string of the molecule is CC1Cc2cc(C3=C(C=O)[C@H](C)CC3)cc3c2C1C1OC2C(=O)CC1(C1OCC[C@@]21O)[C@H]3O. The molecule has 6 unspecified atom stereocenters. The highest BCUT2D eigenvalue weighted by Gasteiger charge is 2.76. The zero-order valence-corrected chi connectivity index (χ0v) is 19.0. The fourth-order valence-electron chi connectivity index (χ4n) is 8.47. The van der Waals surface area contributed by atoms with Crippen molar-refractivity contribution in [2.24, 2.45) is 17.3 Å². The molecule has 4 aliphatic carbocycles. The number of carbonyl (C=O) groups is 2. The third kappa shape index (κ3) is 2.24. The van der Waals surface area contributed by atoms with Crippen molar-refractivity contribution in [2.75, 3.05) is 6.61 Å². The van der Waals surface area contributed by atoms with Crippen molar-refractivity contribution in [1.82, 2.24) is 0 Å². The molecule has 0 radical (unpaired) electrons. The number of aliphatic hydroxyl groups is 2. The van der Waals surface area contributed by atoms with Crippen LogP contribution in [0.25, 0.3) is 5.57 Å². The van der Waals surface area contributed by atoms with E-state index in [1.165, 1.54) is 5.56 Å². The van der Waals surface area contributed by atoms with E-state index in [9.17, 15) is 19.8 Å². The average molecular weight is 451 g/mol. The summed E-state index contributed by atoms with van der Waals surface area (Å²) in [6, 6.07) is 4.27. The van der Waals surface area contributed by atoms with E-state index in [1.807, 2.05) is 0 Å². The average Bonchev–Trinajstić information content (AvgIpc) is 3.46. The lowest BCUT2D eigenvalue weighted by atomic mass is 9.49. The first-order valence-electron chi connectivity index (χ1n) is 12.4. The van der Waals surface area contributed by atoms with Crippen molar-refractivity contribution in [3.63, 3.8) is 0 Å². The molecule has 2 N–H and O–H groups in total. The molecular formula is C27H30O6. The van der Waals surface area contributed by atoms with E-state index in [-0.39, 0.29) is 36.1 Å². The summed E-state index contributed by atoms with van der Waals surface area (Å²) in [5, 5.41) is 23.5. The van der Waals surface area contributed by atoms with Gasteiger partial charge in [0.25, 0.3) is 0 Å². The standard InChI is InChI=1S/C27H30O6/c1-12-3-4-16(18(12)11-28)14-8-15-7-13(2)20-21(15)17(9-14)22(30)26-10-19(29)23(33-24(20)26)27(31)5-6-32-25(26)27/h8-9,11-13,20,22-25,30-31H,3-7,10H2,1-2H3/t12-,13?,20?,22+,23?,24?,25?,26?,27-/m1/s1. The maximum absolute atomic E-state index is 13.1. The number of hydrogen-bond donors (Lipinski definition) is 2. The molecule has 33 heavy (non-hydrogen) atoms. The molecule has 0 aromatic heterocycles. The van der Waals surface area contributed by atoms with Crippen molar-refractivity contribution >= 4 is 17.6 Å². The van der Waals surface area contributed by atoms with E-state index in [1.54, 1.807) is 0 Å². The molecule has 2 bridgehead atoms. The van der Waals surface area contributed by atoms with E-state index >= 15 is 0 Å². The third-order valence-electron chi connectivity index (χ3n) is 9.87. The van der Waals surface area contributed by atoms with Crippen LogP contribution < -0.4 is 0 Å². The van der Waals surface area contributed by atoms with Gasteiger partial charge < -0.3 is 19.7 Å². The Morgan fingerprint density at radius 2 is 2.06 bits per heavy atom. The number of aldehydes is 1. The number of fused-ring (bicyclic) bond motifs is 1. The first-order valence-corrected chi connectivity index (χ1v) is 12.4. The number of aliphatic hydroxyl groups excluding tert-OH is 1. The molecule has 174 valence electrons. The normalized spacial score (nSPS) is 47.0. The van der Waals surface area contributed by atoms with Gasteiger partial charge in [-0.3, -0.25) is 9.59 Å². The second-order valence-corrected chi connectivity index (χ2v) is 11.4. The topological polar surface area (TPSA) is 93.1 Å². The summed E-state index contributed by atoms with van der Waals surface area (Å²) in [6.45, 7) is 4.66. The fourth-order valence-corrected chi connectivity index (χ4v) is 8.47. The van der Waals surface area contributed by atoms with Crippen LogP contribution in [0, 0.1) is 17.3 Å². The number of benzene rings is 1. The van der Waals surface area contributed by atoms with Crippen LogP contribution >= 0.6 is 0 Å². The molecule has 3 heterocycles. The number of rotatable bonds is 2. The number of ketones is 1. The molecule has 3 saturated heterocycles. The predicted octanol–water partition coefficient (Wildman–Crippen LogP) is 2.64. The van der Waals surface area contributed by atoms with Crippen molar-refractivity contribution in [1.29, 1.82) is 0 Å². The van der Waals surface area contributed by atoms with Crippen molar-refractivity contribution < 1.29 is 29.3 Å². The molecule has 1 aromatic carbocycles. The van der Waals surface area contributed by atoms with Crippen LogP contribution in [0.4, 0.5) is 0 Å². The molecule has 9 atom stereocenters. The van der Waals surface area contributed by atoms with Crippen molar-refractivity contribution in [3.05, 3.63) is 40.0 Å². The van der Waals surface area contributed by atoms with Gasteiger partial charge in [0.1, 0.15) is 24.1 Å². The van der Waals surface area contributed by atoms with Crippen LogP contribution in [0.1, 0.15) is 73.8 Å². The second kappa shape index (κ2) is 6.42. The van der Waals surface area contributed by atoms with Gasteiger partial charge in [0.15, 0.2) is 5.78 Å². The van der Waals surface area contributed by atoms with Gasteiger partial charge in [0, 0.05) is 18.8 Å². The zero-order chi connectivity index (χ0) is 22.9. The first kappa shape index (κ1) is 20.5. The highest BCUT2D eigenvalue weighted by molar-refractivity contribution is 5.91. The van der Waals surface area contributed by atoms with Gasteiger partial charge in [-0.05, 0) is 70.6 Å². The van der Waals surface area contributed by atoms with Crippen LogP contribution in [0.3, 0.4) is 0 Å². The molecule has 7 aliphatic rings. The molecule has 6 heteroatoms. The van der Waals surface area contributed by atoms with Gasteiger partial charge in [0.2, 0.25) is 0 Å². The van der Waals surface area contributed by atoms with Gasteiger partial charge in [-0.15, -0.1) is 0 Å². The molecular weight excluding hydrogens is 420 g/mol. The third-order valence-corrected chi connectivity index (χ3v) is 9.87. The minimum Gasteiger partial charge on any atom is -0.388 e. The Hall–Kier alpha value is -1.86. The highest BCUT2D eigenvalue weighted by Crippen LogP contribution is 2.68. The van der Waals surface area contributed by atoms with E-state index in [0.29, 0.717) is 13.0 Å². The molecule has 1 spiro atoms. The number of Topliss-reactive ketones (excluding diaryl/α,β-unsaturated/α-hetero) is 1. The molecule has 6 nitrogen and oxygen atoms in total. The predicted molar refractivity (Wildman–Crippen MR) is 118 cm³/mol. The minimum atomic E-state index is -1.37. The van der Waals surface area contributed by atoms with Crippen molar-refractivity contribution in [2.45, 2.75) is 81.9 Å². The number of ether oxygens (including phenoxy) is 2. The molecule has 1 aromatic rings. The number of allylic oxidation sites excluding steroid dienone is 2. The largest absolute Gasteiger partial charge is 0.388 e. The first-order chi connectivity index (χ1) is 15.8. The Kier molecular flexibility index (Phi) is 3.99. The maximum atomic E-state index is 13.1. The molecule has 0 amide bonds. The van der Waals surface area contributed by atoms with E-state index < -0.39 is 29.3 Å². The summed E-state index contributed by atoms with van der Waals surface area (Å²) in [5.41, 5.74) is 3.77. The fraction of sp³-hybridized carbons (Fsp3) is 0.630. The van der Waals surface area contributed by atoms with E-state index in [2.05, 4.69) is 26.0 Å². The lowest BCUT2D eigenvalue weighted by Crippen LogP contribution is -2.76. The monoisotopic (exact) mass is 450 g/mol. The lowest BCUT2D eigenvalue weighted by Gasteiger charge is -2.64. The number of carbonyl (C=O) groups excluding carboxylic acids is 2. The Morgan fingerprint density at radius 1 is 1.24 bits per heavy atom. The van der Waals surface area contributed by atoms with Gasteiger partial charge in [-0.25, -0.2) is 0 Å². The van der Waals surface area contributed by atoms with Crippen LogP contribution in [-0.4, -0.2) is 52.8 Å². The summed E-state index contributed by atoms with van der Waals surface area (Å²) in [4.78, 5) is 24.9. The van der Waals surface area contributed by atoms with Crippen LogP contribution in [0.5, 0.6) is 0 Å². The van der Waals surface area contributed by atoms with Gasteiger partial charge in [-0.1, -0.05) is 19.9 Å². The highest BCUT2D eigenvalue weighted by atomic mass is 16.6. The summed E-state index contributed by atoms with van der Waals surface area (Å²) >= 11 is 0. The van der Waals surface area contributed by atoms with Crippen LogP contribution in [-0.2, 0) is 25.5 Å². The molecule has 3 aliphatic heterocycles. The van der Waals surface area contributed by atoms with Crippen molar-refractivity contribution in [3.8, 4) is 0 Å². The van der Waals surface area contributed by atoms with E-state index in [0.717, 1.165) is 53.4 Å². The summed E-state index contributed by atoms with van der Waals surface area (Å²) in [5.74, 6) is 0.451. The summed E-state index contributed by atoms with van der Waals surface area (Å²) in [7, 11) is 0. The Morgan fingerprint density at radius 3 is 2.85 bits per heavy atom. The Balaban J connectivity index is 1.46. The Bertz CT molecular complexity index is 1140. The molecule has 4 fully saturated rings. The summed E-state index contributed by atoms with van der Waals surface area (Å²) in [6.07, 6.45) is 1.36. The van der Waals surface area contributed by atoms with Gasteiger partial charge in [0.05, 0.1) is 24.2 Å². The smallest absolute Gasteiger partial charge is 0.165 e. The van der Waals surface area contributed by atoms with E-state index in [4.69, 9.17) is 9.47 Å².